The lowest BCUT2D eigenvalue weighted by Gasteiger charge is -2.17. The lowest BCUT2D eigenvalue weighted by molar-refractivity contribution is 0.477. The maximum Gasteiger partial charge on any atom is 0.299 e. The molecule has 1 saturated carbocycles. The number of anilines is 1. The molecule has 1 aliphatic heterocycles. The molecule has 2 aliphatic rings. The lowest BCUT2D eigenvalue weighted by atomic mass is 10.3. The number of hydrogen-bond donors (Lipinski definition) is 2. The minimum atomic E-state index is -3.71. The summed E-state index contributed by atoms with van der Waals surface area (Å²) in [4.78, 5) is 0.116. The first kappa shape index (κ1) is 17.7. The third-order valence-electron chi connectivity index (χ3n) is 4.47. The van der Waals surface area contributed by atoms with Crippen LogP contribution in [0.4, 0.5) is 5.69 Å². The summed E-state index contributed by atoms with van der Waals surface area (Å²) in [6.07, 6.45) is 5.44. The summed E-state index contributed by atoms with van der Waals surface area (Å²) in [7, 11) is -7.27. The highest BCUT2D eigenvalue weighted by Gasteiger charge is 2.27. The average Bonchev–Trinajstić information content (AvgIpc) is 3.19. The molecule has 2 N–H and O–H groups in total. The summed E-state index contributed by atoms with van der Waals surface area (Å²) in [6.45, 7) is 1.03. The maximum atomic E-state index is 12.6. The van der Waals surface area contributed by atoms with Crippen molar-refractivity contribution in [2.75, 3.05) is 17.8 Å². The maximum absolute atomic E-state index is 12.6. The number of nitrogens with zero attached hydrogens (tertiary/aromatic N) is 1. The van der Waals surface area contributed by atoms with Gasteiger partial charge in [0.25, 0.3) is 10.2 Å². The van der Waals surface area contributed by atoms with Crippen LogP contribution in [0.25, 0.3) is 0 Å². The number of rotatable bonds is 6. The van der Waals surface area contributed by atoms with Gasteiger partial charge in [-0.15, -0.1) is 0 Å². The Morgan fingerprint density at radius 2 is 1.62 bits per heavy atom. The molecule has 0 unspecified atom stereocenters. The summed E-state index contributed by atoms with van der Waals surface area (Å²) in [5.74, 6) is 0. The van der Waals surface area contributed by atoms with E-state index in [4.69, 9.17) is 0 Å². The second-order valence-corrected chi connectivity index (χ2v) is 9.73. The molecule has 1 heterocycles. The first-order chi connectivity index (χ1) is 11.4. The zero-order valence-electron chi connectivity index (χ0n) is 13.4. The molecule has 1 aromatic rings. The monoisotopic (exact) mass is 373 g/mol. The van der Waals surface area contributed by atoms with Crippen molar-refractivity contribution in [2.45, 2.75) is 49.5 Å². The van der Waals surface area contributed by atoms with Crippen molar-refractivity contribution in [1.29, 1.82) is 0 Å². The van der Waals surface area contributed by atoms with Crippen LogP contribution in [0.2, 0.25) is 0 Å². The fourth-order valence-electron chi connectivity index (χ4n) is 3.25. The summed E-state index contributed by atoms with van der Waals surface area (Å²) in [5.41, 5.74) is 0.251. The van der Waals surface area contributed by atoms with Crippen LogP contribution in [0, 0.1) is 0 Å². The van der Waals surface area contributed by atoms with Gasteiger partial charge < -0.3 is 0 Å². The smallest absolute Gasteiger partial charge is 0.271 e. The Balaban J connectivity index is 1.75. The van der Waals surface area contributed by atoms with Gasteiger partial charge in [0.05, 0.1) is 10.6 Å². The SMILES string of the molecule is O=S(=O)(Nc1cccc(S(=O)(=O)N2CCCC2)c1)NC1CCCC1. The van der Waals surface area contributed by atoms with Crippen molar-refractivity contribution in [3.63, 3.8) is 0 Å². The summed E-state index contributed by atoms with van der Waals surface area (Å²) in [6, 6.07) is 5.93. The molecule has 1 aliphatic carbocycles. The van der Waals surface area contributed by atoms with Crippen molar-refractivity contribution < 1.29 is 16.8 Å². The second kappa shape index (κ2) is 6.99. The van der Waals surface area contributed by atoms with Crippen molar-refractivity contribution in [2.24, 2.45) is 0 Å². The Labute approximate surface area is 143 Å². The standard InChI is InChI=1S/C15H23N3O4S2/c19-23(20,18-10-3-4-11-18)15-9-5-8-14(12-15)17-24(21,22)16-13-6-1-2-7-13/h5,8-9,12-13,16-17H,1-4,6-7,10-11H2. The topological polar surface area (TPSA) is 95.6 Å². The molecule has 0 aromatic heterocycles. The summed E-state index contributed by atoms with van der Waals surface area (Å²) < 4.78 is 56.0. The Hall–Kier alpha value is -1.16. The fourth-order valence-corrected chi connectivity index (χ4v) is 5.98. The van der Waals surface area contributed by atoms with Crippen LogP contribution in [-0.2, 0) is 20.2 Å². The van der Waals surface area contributed by atoms with E-state index in [-0.39, 0.29) is 16.6 Å². The van der Waals surface area contributed by atoms with Gasteiger partial charge >= 0.3 is 0 Å². The molecule has 0 radical (unpaired) electrons. The number of sulfonamides is 1. The van der Waals surface area contributed by atoms with Crippen LogP contribution in [0.5, 0.6) is 0 Å². The molecule has 0 bridgehead atoms. The van der Waals surface area contributed by atoms with Crippen molar-refractivity contribution >= 4 is 25.9 Å². The zero-order chi connectivity index (χ0) is 17.2. The van der Waals surface area contributed by atoms with Crippen molar-refractivity contribution in [1.82, 2.24) is 9.03 Å². The lowest BCUT2D eigenvalue weighted by Crippen LogP contribution is -2.37. The van der Waals surface area contributed by atoms with Crippen LogP contribution in [-0.4, -0.2) is 40.3 Å². The highest BCUT2D eigenvalue weighted by Crippen LogP contribution is 2.24. The van der Waals surface area contributed by atoms with E-state index in [1.54, 1.807) is 12.1 Å². The first-order valence-corrected chi connectivity index (χ1v) is 11.2. The van der Waals surface area contributed by atoms with Gasteiger partial charge in [0, 0.05) is 19.1 Å². The molecule has 2 fully saturated rings. The van der Waals surface area contributed by atoms with Gasteiger partial charge in [0.15, 0.2) is 0 Å². The van der Waals surface area contributed by atoms with Crippen molar-refractivity contribution in [3.8, 4) is 0 Å². The molecule has 0 amide bonds. The van der Waals surface area contributed by atoms with Gasteiger partial charge in [-0.25, -0.2) is 8.42 Å². The molecule has 134 valence electrons. The Kier molecular flexibility index (Phi) is 5.14. The quantitative estimate of drug-likeness (QED) is 0.793. The largest absolute Gasteiger partial charge is 0.299 e. The third kappa shape index (κ3) is 4.08. The Morgan fingerprint density at radius 1 is 0.958 bits per heavy atom. The third-order valence-corrected chi connectivity index (χ3v) is 7.51. The van der Waals surface area contributed by atoms with Crippen LogP contribution < -0.4 is 9.44 Å². The zero-order valence-corrected chi connectivity index (χ0v) is 15.1. The van der Waals surface area contributed by atoms with Crippen LogP contribution in [0.15, 0.2) is 29.2 Å². The minimum Gasteiger partial charge on any atom is -0.271 e. The fraction of sp³-hybridized carbons (Fsp3) is 0.600. The van der Waals surface area contributed by atoms with Gasteiger partial charge in [-0.3, -0.25) is 4.72 Å². The molecule has 3 rings (SSSR count). The van der Waals surface area contributed by atoms with Gasteiger partial charge in [-0.1, -0.05) is 18.9 Å². The predicted molar refractivity (Wildman–Crippen MR) is 92.4 cm³/mol. The molecule has 0 spiro atoms. The highest BCUT2D eigenvalue weighted by atomic mass is 32.2. The molecule has 24 heavy (non-hydrogen) atoms. The van der Waals surface area contributed by atoms with E-state index in [1.807, 2.05) is 0 Å². The van der Waals surface area contributed by atoms with Crippen LogP contribution in [0.3, 0.4) is 0 Å². The number of hydrogen-bond acceptors (Lipinski definition) is 4. The minimum absolute atomic E-state index is 0.0426. The Bertz CT molecular complexity index is 781. The van der Waals surface area contributed by atoms with E-state index in [1.165, 1.54) is 16.4 Å². The molecule has 1 saturated heterocycles. The van der Waals surface area contributed by atoms with Gasteiger partial charge in [-0.2, -0.15) is 17.4 Å². The molecule has 7 nitrogen and oxygen atoms in total. The summed E-state index contributed by atoms with van der Waals surface area (Å²) in [5, 5.41) is 0. The van der Waals surface area contributed by atoms with Crippen molar-refractivity contribution in [3.05, 3.63) is 24.3 Å². The number of nitrogens with one attached hydrogen (secondary N) is 2. The van der Waals surface area contributed by atoms with E-state index >= 15 is 0 Å². The molecular formula is C15H23N3O4S2. The molecule has 0 atom stereocenters. The van der Waals surface area contributed by atoms with Crippen LogP contribution in [0.1, 0.15) is 38.5 Å². The predicted octanol–water partition coefficient (Wildman–Crippen LogP) is 1.66. The molecule has 9 heteroatoms. The second-order valence-electron chi connectivity index (χ2n) is 6.34. The molecule has 1 aromatic carbocycles. The van der Waals surface area contributed by atoms with E-state index < -0.39 is 20.2 Å². The van der Waals surface area contributed by atoms with Gasteiger partial charge in [-0.05, 0) is 43.9 Å². The Morgan fingerprint density at radius 3 is 2.29 bits per heavy atom. The van der Waals surface area contributed by atoms with E-state index in [2.05, 4.69) is 9.44 Å². The van der Waals surface area contributed by atoms with E-state index in [0.717, 1.165) is 38.5 Å². The highest BCUT2D eigenvalue weighted by molar-refractivity contribution is 7.90. The van der Waals surface area contributed by atoms with E-state index in [0.29, 0.717) is 13.1 Å². The average molecular weight is 374 g/mol. The van der Waals surface area contributed by atoms with E-state index in [9.17, 15) is 16.8 Å². The number of benzene rings is 1. The summed E-state index contributed by atoms with van der Waals surface area (Å²) >= 11 is 0. The normalized spacial score (nSPS) is 20.5. The van der Waals surface area contributed by atoms with Crippen LogP contribution >= 0.6 is 0 Å². The first-order valence-electron chi connectivity index (χ1n) is 8.27. The van der Waals surface area contributed by atoms with Gasteiger partial charge in [0.2, 0.25) is 10.0 Å². The van der Waals surface area contributed by atoms with Gasteiger partial charge in [0.1, 0.15) is 0 Å². The molecular weight excluding hydrogens is 350 g/mol.